The number of rotatable bonds is 2. The zero-order valence-corrected chi connectivity index (χ0v) is 18.2. The molecule has 2 aliphatic heterocycles. The molecular formula is C23H17FN2O4S2. The third-order valence-electron chi connectivity index (χ3n) is 7.66. The van der Waals surface area contributed by atoms with Crippen LogP contribution in [-0.2, 0) is 9.59 Å². The fraction of sp³-hybridized carbons (Fsp3) is 0.348. The van der Waals surface area contributed by atoms with Gasteiger partial charge in [0.25, 0.3) is 0 Å². The quantitative estimate of drug-likeness (QED) is 0.578. The number of carbonyl (C=O) groups is 2. The molecule has 0 unspecified atom stereocenters. The highest BCUT2D eigenvalue weighted by molar-refractivity contribution is 8.00. The Kier molecular flexibility index (Phi) is 3.80. The molecule has 3 aromatic rings. The van der Waals surface area contributed by atoms with Crippen LogP contribution in [0.3, 0.4) is 0 Å². The summed E-state index contributed by atoms with van der Waals surface area (Å²) >= 11 is 2.85. The number of hydrogen-bond acceptors (Lipinski definition) is 6. The Hall–Kier alpha value is -2.65. The molecule has 4 heterocycles. The van der Waals surface area contributed by atoms with E-state index in [9.17, 15) is 18.8 Å². The smallest absolute Gasteiger partial charge is 0.305 e. The van der Waals surface area contributed by atoms with Gasteiger partial charge in [-0.05, 0) is 60.6 Å². The van der Waals surface area contributed by atoms with Gasteiger partial charge in [0.05, 0.1) is 39.6 Å². The van der Waals surface area contributed by atoms with E-state index >= 15 is 0 Å². The first-order valence-electron chi connectivity index (χ1n) is 10.6. The number of thioether (sulfide) groups is 1. The summed E-state index contributed by atoms with van der Waals surface area (Å²) < 4.78 is 19.2. The molecule has 7 rings (SSSR count). The number of nitrogens with zero attached hydrogens (tertiary/aromatic N) is 1. The van der Waals surface area contributed by atoms with Crippen molar-refractivity contribution in [1.29, 1.82) is 0 Å². The van der Waals surface area contributed by atoms with Crippen LogP contribution in [0.1, 0.15) is 23.0 Å². The van der Waals surface area contributed by atoms with Crippen LogP contribution in [-0.4, -0.2) is 22.0 Å². The second-order valence-corrected chi connectivity index (χ2v) is 11.2. The van der Waals surface area contributed by atoms with Gasteiger partial charge in [-0.15, -0.1) is 11.8 Å². The summed E-state index contributed by atoms with van der Waals surface area (Å²) in [5.41, 5.74) is 0.428. The van der Waals surface area contributed by atoms with Crippen molar-refractivity contribution in [2.75, 3.05) is 4.90 Å². The molecule has 3 fully saturated rings. The molecule has 32 heavy (non-hydrogen) atoms. The molecule has 2 aromatic heterocycles. The Balaban J connectivity index is 1.32. The van der Waals surface area contributed by atoms with Crippen molar-refractivity contribution in [3.05, 3.63) is 68.8 Å². The molecule has 6 nitrogen and oxygen atoms in total. The lowest BCUT2D eigenvalue weighted by atomic mass is 9.69. The lowest BCUT2D eigenvalue weighted by molar-refractivity contribution is -0.123. The van der Waals surface area contributed by atoms with Crippen LogP contribution in [0.2, 0.25) is 0 Å². The normalized spacial score (nSPS) is 34.7. The lowest BCUT2D eigenvalue weighted by Crippen LogP contribution is -2.42. The maximum absolute atomic E-state index is 13.5. The number of thiazole rings is 1. The standard InChI is InChI=1S/C23H17FN2O4S2/c24-9-3-5-10(6-4-9)26-21(27)15-11-8-12(16(15)22(26)28)18-14(11)17(13-2-1-7-30-13)19-20(31-18)25-23(29)32-19/h1-7,11-12,14-18H,8H2,(H,25,29)/t11-,12-,14+,15+,16+,17+,18-/m1/s1. The van der Waals surface area contributed by atoms with Crippen molar-refractivity contribution in [3.8, 4) is 0 Å². The van der Waals surface area contributed by atoms with E-state index in [0.717, 1.165) is 22.1 Å². The first kappa shape index (κ1) is 18.9. The molecule has 0 radical (unpaired) electrons. The van der Waals surface area contributed by atoms with Crippen molar-refractivity contribution < 1.29 is 18.4 Å². The molecule has 1 aromatic carbocycles. The molecule has 2 aliphatic carbocycles. The van der Waals surface area contributed by atoms with Gasteiger partial charge in [0.1, 0.15) is 11.6 Å². The van der Waals surface area contributed by atoms with Gasteiger partial charge in [0.2, 0.25) is 11.8 Å². The van der Waals surface area contributed by atoms with Crippen LogP contribution in [0.15, 0.2) is 56.9 Å². The number of hydrogen-bond donors (Lipinski definition) is 1. The summed E-state index contributed by atoms with van der Waals surface area (Å²) in [6, 6.07) is 9.30. The Labute approximate surface area is 189 Å². The largest absolute Gasteiger partial charge is 0.469 e. The van der Waals surface area contributed by atoms with E-state index in [1.165, 1.54) is 40.5 Å². The van der Waals surface area contributed by atoms with Gasteiger partial charge in [-0.3, -0.25) is 19.3 Å². The van der Waals surface area contributed by atoms with Crippen LogP contribution in [0.4, 0.5) is 10.1 Å². The molecule has 1 saturated heterocycles. The lowest BCUT2D eigenvalue weighted by Gasteiger charge is -2.42. The van der Waals surface area contributed by atoms with Crippen molar-refractivity contribution in [2.45, 2.75) is 22.6 Å². The van der Waals surface area contributed by atoms with Crippen molar-refractivity contribution in [1.82, 2.24) is 4.98 Å². The minimum Gasteiger partial charge on any atom is -0.469 e. The van der Waals surface area contributed by atoms with Gasteiger partial charge < -0.3 is 9.40 Å². The van der Waals surface area contributed by atoms with Crippen molar-refractivity contribution >= 4 is 40.6 Å². The molecule has 0 spiro atoms. The van der Waals surface area contributed by atoms with E-state index in [0.29, 0.717) is 5.69 Å². The summed E-state index contributed by atoms with van der Waals surface area (Å²) in [5, 5.41) is 0.984. The van der Waals surface area contributed by atoms with Crippen molar-refractivity contribution in [3.63, 3.8) is 0 Å². The van der Waals surface area contributed by atoms with Crippen LogP contribution >= 0.6 is 23.1 Å². The van der Waals surface area contributed by atoms with E-state index in [1.807, 2.05) is 12.1 Å². The highest BCUT2D eigenvalue weighted by Crippen LogP contribution is 2.68. The summed E-state index contributed by atoms with van der Waals surface area (Å²) in [6.45, 7) is 0. The van der Waals surface area contributed by atoms with Crippen LogP contribution in [0.5, 0.6) is 0 Å². The molecule has 2 bridgehead atoms. The molecule has 7 atom stereocenters. The third-order valence-corrected chi connectivity index (χ3v) is 10.2. The monoisotopic (exact) mass is 468 g/mol. The van der Waals surface area contributed by atoms with Gasteiger partial charge >= 0.3 is 4.87 Å². The number of aromatic amines is 1. The summed E-state index contributed by atoms with van der Waals surface area (Å²) in [6.07, 6.45) is 2.46. The molecule has 2 saturated carbocycles. The second kappa shape index (κ2) is 6.45. The number of imide groups is 1. The first-order valence-corrected chi connectivity index (χ1v) is 12.3. The molecule has 2 amide bonds. The number of aromatic nitrogens is 1. The van der Waals surface area contributed by atoms with Gasteiger partial charge in [0.15, 0.2) is 0 Å². The second-order valence-electron chi connectivity index (χ2n) is 8.96. The first-order chi connectivity index (χ1) is 15.5. The predicted octanol–water partition coefficient (Wildman–Crippen LogP) is 3.85. The summed E-state index contributed by atoms with van der Waals surface area (Å²) in [7, 11) is 0. The highest BCUT2D eigenvalue weighted by atomic mass is 32.2. The number of fused-ring (bicyclic) bond motifs is 9. The number of furan rings is 1. The summed E-state index contributed by atoms with van der Waals surface area (Å²) in [5.74, 6) is -0.628. The van der Waals surface area contributed by atoms with Crippen LogP contribution in [0.25, 0.3) is 0 Å². The number of H-pyrrole nitrogens is 1. The van der Waals surface area contributed by atoms with Gasteiger partial charge in [-0.1, -0.05) is 11.3 Å². The SMILES string of the molecule is O=C1[C@H]2[C@H]3C[C@@H]([C@@H]2C(=O)N1c1ccc(F)cc1)[C@H]1[C@H](c2ccco2)c2sc(=O)[nH]c2S[C@H]31. The fourth-order valence-electron chi connectivity index (χ4n) is 6.65. The number of anilines is 1. The molecule has 4 aliphatic rings. The summed E-state index contributed by atoms with van der Waals surface area (Å²) in [4.78, 5) is 44.2. The Morgan fingerprint density at radius 3 is 2.50 bits per heavy atom. The Morgan fingerprint density at radius 1 is 1.03 bits per heavy atom. The molecule has 1 N–H and O–H groups in total. The maximum Gasteiger partial charge on any atom is 0.305 e. The number of carbonyl (C=O) groups excluding carboxylic acids is 2. The average Bonchev–Trinajstić information content (AvgIpc) is 3.57. The minimum atomic E-state index is -0.406. The van der Waals surface area contributed by atoms with E-state index in [4.69, 9.17) is 4.42 Å². The third kappa shape index (κ3) is 2.33. The predicted molar refractivity (Wildman–Crippen MR) is 116 cm³/mol. The van der Waals surface area contributed by atoms with E-state index in [-0.39, 0.29) is 57.4 Å². The van der Waals surface area contributed by atoms with Gasteiger partial charge in [-0.25, -0.2) is 4.39 Å². The van der Waals surface area contributed by atoms with E-state index < -0.39 is 5.82 Å². The minimum absolute atomic E-state index is 0.0323. The zero-order valence-electron chi connectivity index (χ0n) is 16.6. The van der Waals surface area contributed by atoms with E-state index in [1.54, 1.807) is 18.0 Å². The van der Waals surface area contributed by atoms with Crippen LogP contribution in [0, 0.1) is 35.4 Å². The number of amides is 2. The Morgan fingerprint density at radius 2 is 1.78 bits per heavy atom. The Bertz CT molecular complexity index is 1310. The van der Waals surface area contributed by atoms with Gasteiger partial charge in [-0.2, -0.15) is 0 Å². The average molecular weight is 469 g/mol. The number of nitrogens with one attached hydrogen (secondary N) is 1. The molecule has 9 heteroatoms. The van der Waals surface area contributed by atoms with Gasteiger partial charge in [0, 0.05) is 5.25 Å². The fourth-order valence-corrected chi connectivity index (χ4v) is 9.52. The molecular weight excluding hydrogens is 451 g/mol. The number of benzene rings is 1. The van der Waals surface area contributed by atoms with E-state index in [2.05, 4.69) is 4.98 Å². The topological polar surface area (TPSA) is 83.4 Å². The maximum atomic E-state index is 13.5. The zero-order chi connectivity index (χ0) is 21.7. The van der Waals surface area contributed by atoms with Crippen LogP contribution < -0.4 is 9.77 Å². The highest BCUT2D eigenvalue weighted by Gasteiger charge is 2.70. The molecule has 162 valence electrons. The van der Waals surface area contributed by atoms with Crippen molar-refractivity contribution in [2.24, 2.45) is 29.6 Å². The number of halogens is 1.